The molecule has 0 N–H and O–H groups in total. The van der Waals surface area contributed by atoms with E-state index in [1.165, 1.54) is 7.11 Å². The molecule has 0 aliphatic heterocycles. The number of amides is 1. The molecule has 29 heavy (non-hydrogen) atoms. The number of hydrogen-bond acceptors (Lipinski definition) is 3. The number of quaternary nitrogens is 1. The highest BCUT2D eigenvalue weighted by Gasteiger charge is 2.44. The highest BCUT2D eigenvalue weighted by Crippen LogP contribution is 2.33. The molecule has 1 atom stereocenters. The summed E-state index contributed by atoms with van der Waals surface area (Å²) >= 11 is 0. The van der Waals surface area contributed by atoms with E-state index in [-0.39, 0.29) is 22.7 Å². The molecule has 4 heteroatoms. The minimum Gasteiger partial charge on any atom is -0.843 e. The lowest BCUT2D eigenvalue weighted by Crippen LogP contribution is -2.62. The average Bonchev–Trinajstić information content (AvgIpc) is 2.70. The molecule has 0 aromatic heterocycles. The van der Waals surface area contributed by atoms with Crippen molar-refractivity contribution in [2.75, 3.05) is 13.7 Å². The van der Waals surface area contributed by atoms with Gasteiger partial charge in [-0.25, -0.2) is 4.48 Å². The summed E-state index contributed by atoms with van der Waals surface area (Å²) < 4.78 is 5.38. The lowest BCUT2D eigenvalue weighted by molar-refractivity contribution is -0.899. The zero-order valence-electron chi connectivity index (χ0n) is 18.6. The third kappa shape index (κ3) is 4.71. The maximum Gasteiger partial charge on any atom is 0.516 e. The molecular formula is C25H35NO3. The predicted molar refractivity (Wildman–Crippen MR) is 115 cm³/mol. The maximum absolute atomic E-state index is 14.2. The normalized spacial score (nSPS) is 14.1. The van der Waals surface area contributed by atoms with Gasteiger partial charge in [0.2, 0.25) is 0 Å². The van der Waals surface area contributed by atoms with E-state index in [4.69, 9.17) is 4.74 Å². The Morgan fingerprint density at radius 3 is 2.10 bits per heavy atom. The highest BCUT2D eigenvalue weighted by atomic mass is 16.5. The van der Waals surface area contributed by atoms with Gasteiger partial charge in [0.05, 0.1) is 25.7 Å². The van der Waals surface area contributed by atoms with Gasteiger partial charge in [0.15, 0.2) is 0 Å². The van der Waals surface area contributed by atoms with Gasteiger partial charge in [0.1, 0.15) is 0 Å². The Hall–Kier alpha value is -2.17. The van der Waals surface area contributed by atoms with Crippen LogP contribution in [0.4, 0.5) is 4.79 Å². The second kappa shape index (κ2) is 9.55. The van der Waals surface area contributed by atoms with E-state index in [1.54, 1.807) is 0 Å². The summed E-state index contributed by atoms with van der Waals surface area (Å²) in [6, 6.07) is 17.5. The van der Waals surface area contributed by atoms with Crippen LogP contribution < -0.4 is 5.11 Å². The van der Waals surface area contributed by atoms with Gasteiger partial charge in [-0.3, -0.25) is 0 Å². The van der Waals surface area contributed by atoms with Crippen molar-refractivity contribution in [3.8, 4) is 0 Å². The van der Waals surface area contributed by atoms with E-state index in [1.807, 2.05) is 89.2 Å². The van der Waals surface area contributed by atoms with Crippen LogP contribution in [-0.2, 0) is 10.3 Å². The van der Waals surface area contributed by atoms with Gasteiger partial charge >= 0.3 is 6.09 Å². The lowest BCUT2D eigenvalue weighted by Gasteiger charge is -2.45. The van der Waals surface area contributed by atoms with Crippen LogP contribution in [0.15, 0.2) is 54.6 Å². The molecule has 0 spiro atoms. The van der Waals surface area contributed by atoms with E-state index >= 15 is 0 Å². The van der Waals surface area contributed by atoms with Crippen LogP contribution in [0.3, 0.4) is 0 Å². The van der Waals surface area contributed by atoms with E-state index in [0.29, 0.717) is 19.4 Å². The minimum absolute atomic E-state index is 0.0687. The quantitative estimate of drug-likeness (QED) is 0.602. The van der Waals surface area contributed by atoms with Gasteiger partial charge in [-0.15, -0.1) is 0 Å². The van der Waals surface area contributed by atoms with E-state index in [2.05, 4.69) is 0 Å². The van der Waals surface area contributed by atoms with Crippen molar-refractivity contribution in [2.24, 2.45) is 0 Å². The topological polar surface area (TPSA) is 49.4 Å². The Labute approximate surface area is 175 Å². The first-order valence-corrected chi connectivity index (χ1v) is 10.5. The number of ether oxygens (including phenoxy) is 1. The van der Waals surface area contributed by atoms with Crippen molar-refractivity contribution in [3.63, 3.8) is 0 Å². The zero-order chi connectivity index (χ0) is 21.7. The summed E-state index contributed by atoms with van der Waals surface area (Å²) in [5.74, 6) is 0. The Morgan fingerprint density at radius 2 is 1.59 bits per heavy atom. The molecule has 0 bridgehead atoms. The van der Waals surface area contributed by atoms with Crippen molar-refractivity contribution in [1.29, 1.82) is 0 Å². The number of benzene rings is 2. The zero-order valence-corrected chi connectivity index (χ0v) is 18.6. The van der Waals surface area contributed by atoms with E-state index in [0.717, 1.165) is 16.7 Å². The molecule has 4 nitrogen and oxygen atoms in total. The van der Waals surface area contributed by atoms with E-state index < -0.39 is 5.60 Å². The summed E-state index contributed by atoms with van der Waals surface area (Å²) in [7, 11) is 1.44. The minimum atomic E-state index is -1.35. The maximum atomic E-state index is 14.2. The highest BCUT2D eigenvalue weighted by molar-refractivity contribution is 5.59. The molecule has 1 unspecified atom stereocenters. The first kappa shape index (κ1) is 23.1. The second-order valence-corrected chi connectivity index (χ2v) is 8.48. The van der Waals surface area contributed by atoms with Crippen molar-refractivity contribution in [3.05, 3.63) is 71.3 Å². The fourth-order valence-electron chi connectivity index (χ4n) is 4.44. The third-order valence-corrected chi connectivity index (χ3v) is 6.14. The first-order valence-electron chi connectivity index (χ1n) is 10.5. The third-order valence-electron chi connectivity index (χ3n) is 6.14. The van der Waals surface area contributed by atoms with Gasteiger partial charge in [0, 0.05) is 0 Å². The molecule has 158 valence electrons. The largest absolute Gasteiger partial charge is 0.843 e. The lowest BCUT2D eigenvalue weighted by atomic mass is 9.82. The van der Waals surface area contributed by atoms with Gasteiger partial charge in [-0.1, -0.05) is 76.9 Å². The Bertz CT molecular complexity index is 793. The molecule has 0 heterocycles. The summed E-state index contributed by atoms with van der Waals surface area (Å²) in [5, 5.41) is 14.2. The van der Waals surface area contributed by atoms with Crippen molar-refractivity contribution >= 4 is 6.09 Å². The van der Waals surface area contributed by atoms with Crippen molar-refractivity contribution < 1.29 is 19.1 Å². The summed E-state index contributed by atoms with van der Waals surface area (Å²) in [6.07, 6.45) is 0.802. The number of carbonyl (C=O) groups is 1. The predicted octanol–water partition coefficient (Wildman–Crippen LogP) is 4.78. The molecule has 2 rings (SSSR count). The van der Waals surface area contributed by atoms with E-state index in [9.17, 15) is 9.90 Å². The van der Waals surface area contributed by atoms with Gasteiger partial charge < -0.3 is 9.84 Å². The van der Waals surface area contributed by atoms with Crippen LogP contribution in [0, 0.1) is 6.92 Å². The van der Waals surface area contributed by atoms with Crippen molar-refractivity contribution in [1.82, 2.24) is 0 Å². The average molecular weight is 398 g/mol. The molecule has 0 saturated heterocycles. The molecule has 0 saturated carbocycles. The molecule has 0 fully saturated rings. The SMILES string of the molecule is COC(=O)[N+](CCCC([O-])(c1ccccc1)c1cccc(C)c1)(C(C)C)C(C)C. The molecular weight excluding hydrogens is 362 g/mol. The molecule has 0 aliphatic rings. The van der Waals surface area contributed by atoms with Crippen LogP contribution in [0.2, 0.25) is 0 Å². The van der Waals surface area contributed by atoms with Crippen LogP contribution in [0.25, 0.3) is 0 Å². The number of rotatable bonds is 8. The monoisotopic (exact) mass is 397 g/mol. The molecule has 2 aromatic carbocycles. The first-order chi connectivity index (χ1) is 13.7. The second-order valence-electron chi connectivity index (χ2n) is 8.48. The van der Waals surface area contributed by atoms with Crippen LogP contribution in [-0.4, -0.2) is 36.3 Å². The fraction of sp³-hybridized carbons (Fsp3) is 0.480. The molecule has 1 amide bonds. The number of hydrogen-bond donors (Lipinski definition) is 0. The number of nitrogens with zero attached hydrogens (tertiary/aromatic N) is 1. The Kier molecular flexibility index (Phi) is 7.61. The standard InChI is InChI=1S/C25H35NO3/c1-19(2)26(20(3)4,24(27)29-6)17-11-16-25(28,22-13-8-7-9-14-22)23-15-10-12-21(5)18-23/h7-10,12-15,18-20H,11,16-17H2,1-6H3. The van der Waals surface area contributed by atoms with Crippen LogP contribution >= 0.6 is 0 Å². The van der Waals surface area contributed by atoms with Gasteiger partial charge in [0.25, 0.3) is 0 Å². The summed E-state index contributed by atoms with van der Waals surface area (Å²) in [5.41, 5.74) is 1.25. The number of aryl methyl sites for hydroxylation is 1. The Morgan fingerprint density at radius 1 is 1.00 bits per heavy atom. The number of carbonyl (C=O) groups excluding carboxylic acids is 1. The van der Waals surface area contributed by atoms with Gasteiger partial charge in [-0.2, -0.15) is 4.79 Å². The summed E-state index contributed by atoms with van der Waals surface area (Å²) in [4.78, 5) is 12.7. The smallest absolute Gasteiger partial charge is 0.516 e. The Balaban J connectivity index is 2.37. The molecule has 0 aliphatic carbocycles. The van der Waals surface area contributed by atoms with Crippen LogP contribution in [0.1, 0.15) is 57.2 Å². The molecule has 2 aromatic rings. The van der Waals surface area contributed by atoms with Crippen molar-refractivity contribution in [2.45, 2.75) is 65.1 Å². The summed E-state index contributed by atoms with van der Waals surface area (Å²) in [6.45, 7) is 10.7. The van der Waals surface area contributed by atoms with Crippen LogP contribution in [0.5, 0.6) is 0 Å². The fourth-order valence-corrected chi connectivity index (χ4v) is 4.44. The number of methoxy groups -OCH3 is 1. The van der Waals surface area contributed by atoms with Gasteiger partial charge in [-0.05, 0) is 47.5 Å². The molecule has 0 radical (unpaired) electrons.